The molecule has 0 spiro atoms. The molecule has 0 bridgehead atoms. The highest BCUT2D eigenvalue weighted by Gasteiger charge is 2.52. The molecule has 178 valence electrons. The minimum Gasteiger partial charge on any atom is -0.335 e. The van der Waals surface area contributed by atoms with E-state index in [1.165, 1.54) is 12.1 Å². The molecule has 0 aliphatic carbocycles. The van der Waals surface area contributed by atoms with E-state index in [0.717, 1.165) is 6.07 Å². The van der Waals surface area contributed by atoms with E-state index in [1.54, 1.807) is 5.32 Å². The fourth-order valence-corrected chi connectivity index (χ4v) is 3.19. The van der Waals surface area contributed by atoms with Crippen molar-refractivity contribution in [1.82, 2.24) is 0 Å². The van der Waals surface area contributed by atoms with Crippen LogP contribution in [0, 0.1) is 34.3 Å². The Hall–Kier alpha value is -3.91. The number of ether oxygens (including phenoxy) is 1. The molecule has 2 aromatic carbocycles. The molecule has 6 nitrogen and oxygen atoms in total. The Balaban J connectivity index is 1.93. The summed E-state index contributed by atoms with van der Waals surface area (Å²) in [6.07, 6.45) is -15.1. The average molecular weight is 490 g/mol. The second-order valence-electron chi connectivity index (χ2n) is 6.93. The fraction of sp³-hybridized carbons (Fsp3) is 0.250. The highest BCUT2D eigenvalue weighted by Crippen LogP contribution is 2.39. The van der Waals surface area contributed by atoms with Gasteiger partial charge in [0.15, 0.2) is 17.7 Å². The molecule has 1 fully saturated rings. The Morgan fingerprint density at radius 3 is 2.15 bits per heavy atom. The zero-order chi connectivity index (χ0) is 25.4. The largest absolute Gasteiger partial charge is 0.433 e. The van der Waals surface area contributed by atoms with Gasteiger partial charge >= 0.3 is 12.4 Å². The maximum Gasteiger partial charge on any atom is 0.433 e. The number of nitriles is 2. The normalized spacial score (nSPS) is 18.4. The van der Waals surface area contributed by atoms with Crippen LogP contribution in [0.4, 0.5) is 46.5 Å². The highest BCUT2D eigenvalue weighted by atomic mass is 19.4. The third-order valence-electron chi connectivity index (χ3n) is 4.69. The molecule has 1 saturated heterocycles. The summed E-state index contributed by atoms with van der Waals surface area (Å²) in [4.78, 5) is 12.7. The molecule has 0 aromatic heterocycles. The summed E-state index contributed by atoms with van der Waals surface area (Å²) >= 11 is 0. The maximum atomic E-state index is 14.0. The van der Waals surface area contributed by atoms with E-state index >= 15 is 0 Å². The number of carbonyl (C=O) groups excluding carboxylic acids is 1. The molecule has 14 heteroatoms. The summed E-state index contributed by atoms with van der Waals surface area (Å²) in [6, 6.07) is 5.70. The maximum absolute atomic E-state index is 14.0. The van der Waals surface area contributed by atoms with Crippen molar-refractivity contribution in [3.05, 3.63) is 58.7 Å². The molecule has 1 N–H and O–H groups in total. The van der Waals surface area contributed by atoms with Crippen molar-refractivity contribution < 1.29 is 44.7 Å². The van der Waals surface area contributed by atoms with Crippen LogP contribution in [0.3, 0.4) is 0 Å². The van der Waals surface area contributed by atoms with E-state index < -0.39 is 76.8 Å². The van der Waals surface area contributed by atoms with Gasteiger partial charge in [-0.25, -0.2) is 8.78 Å². The molecule has 34 heavy (non-hydrogen) atoms. The Kier molecular flexibility index (Phi) is 6.40. The minimum atomic E-state index is -5.17. The van der Waals surface area contributed by atoms with Gasteiger partial charge in [0.2, 0.25) is 6.23 Å². The lowest BCUT2D eigenvalue weighted by molar-refractivity contribution is -0.212. The number of hydrogen-bond acceptors (Lipinski definition) is 5. The van der Waals surface area contributed by atoms with Crippen LogP contribution in [0.1, 0.15) is 16.7 Å². The second kappa shape index (κ2) is 8.79. The molecule has 2 atom stereocenters. The van der Waals surface area contributed by atoms with Crippen molar-refractivity contribution in [2.75, 3.05) is 16.8 Å². The lowest BCUT2D eigenvalue weighted by Gasteiger charge is -2.27. The standard InChI is InChI=1S/C20H10F8N4O2/c21-13-3-9(6-29)4-14(22)16(13)31-17(33)15-8-32(18(34-15)20(26,27)28)11-2-1-10(7-30)12(5-11)19(23,24)25/h1-5,15,18H,8H2,(H,31,33). The van der Waals surface area contributed by atoms with Gasteiger partial charge < -0.3 is 15.0 Å². The van der Waals surface area contributed by atoms with Gasteiger partial charge in [0.25, 0.3) is 5.91 Å². The zero-order valence-corrected chi connectivity index (χ0v) is 16.4. The fourth-order valence-electron chi connectivity index (χ4n) is 3.19. The van der Waals surface area contributed by atoms with Crippen LogP contribution in [0.15, 0.2) is 30.3 Å². The van der Waals surface area contributed by atoms with Crippen molar-refractivity contribution in [3.8, 4) is 12.1 Å². The number of rotatable bonds is 3. The number of benzene rings is 2. The van der Waals surface area contributed by atoms with Gasteiger partial charge in [-0.2, -0.15) is 36.9 Å². The van der Waals surface area contributed by atoms with Crippen LogP contribution in [0.2, 0.25) is 0 Å². The summed E-state index contributed by atoms with van der Waals surface area (Å²) in [5, 5.41) is 19.3. The summed E-state index contributed by atoms with van der Waals surface area (Å²) in [5.74, 6) is -4.17. The van der Waals surface area contributed by atoms with Crippen molar-refractivity contribution >= 4 is 17.3 Å². The molecule has 0 saturated carbocycles. The monoisotopic (exact) mass is 490 g/mol. The predicted molar refractivity (Wildman–Crippen MR) is 97.9 cm³/mol. The van der Waals surface area contributed by atoms with Crippen LogP contribution < -0.4 is 10.2 Å². The first-order valence-electron chi connectivity index (χ1n) is 9.06. The van der Waals surface area contributed by atoms with Crippen molar-refractivity contribution in [2.45, 2.75) is 24.7 Å². The number of amides is 1. The Morgan fingerprint density at radius 2 is 1.65 bits per heavy atom. The third-order valence-corrected chi connectivity index (χ3v) is 4.69. The summed E-state index contributed by atoms with van der Waals surface area (Å²) < 4.78 is 113. The number of nitrogens with one attached hydrogen (secondary N) is 1. The molecule has 1 heterocycles. The quantitative estimate of drug-likeness (QED) is 0.642. The van der Waals surface area contributed by atoms with E-state index in [4.69, 9.17) is 10.5 Å². The molecule has 0 radical (unpaired) electrons. The van der Waals surface area contributed by atoms with Crippen LogP contribution in [-0.2, 0) is 15.7 Å². The van der Waals surface area contributed by atoms with E-state index in [1.807, 2.05) is 0 Å². The topological polar surface area (TPSA) is 89.2 Å². The van der Waals surface area contributed by atoms with Crippen LogP contribution in [0.25, 0.3) is 0 Å². The predicted octanol–water partition coefficient (Wildman–Crippen LogP) is 4.46. The van der Waals surface area contributed by atoms with Gasteiger partial charge in [-0.15, -0.1) is 0 Å². The third kappa shape index (κ3) is 4.87. The Labute approximate surface area is 185 Å². The van der Waals surface area contributed by atoms with Crippen LogP contribution in [0.5, 0.6) is 0 Å². The van der Waals surface area contributed by atoms with Gasteiger partial charge in [0, 0.05) is 5.69 Å². The van der Waals surface area contributed by atoms with Crippen LogP contribution in [-0.4, -0.2) is 31.0 Å². The molecular formula is C20H10F8N4O2. The van der Waals surface area contributed by atoms with E-state index in [9.17, 15) is 39.9 Å². The lowest BCUT2D eigenvalue weighted by Crippen LogP contribution is -2.42. The Morgan fingerprint density at radius 1 is 1.03 bits per heavy atom. The van der Waals surface area contributed by atoms with Gasteiger partial charge in [-0.05, 0) is 30.3 Å². The number of halogens is 8. The number of carbonyl (C=O) groups is 1. The van der Waals surface area contributed by atoms with Gasteiger partial charge in [0.1, 0.15) is 5.69 Å². The zero-order valence-electron chi connectivity index (χ0n) is 16.4. The van der Waals surface area contributed by atoms with E-state index in [2.05, 4.69) is 4.74 Å². The van der Waals surface area contributed by atoms with E-state index in [0.29, 0.717) is 29.2 Å². The van der Waals surface area contributed by atoms with Gasteiger partial charge in [-0.1, -0.05) is 0 Å². The van der Waals surface area contributed by atoms with Gasteiger partial charge in [0.05, 0.1) is 35.4 Å². The molecular weight excluding hydrogens is 480 g/mol. The number of anilines is 2. The van der Waals surface area contributed by atoms with Gasteiger partial charge in [-0.3, -0.25) is 4.79 Å². The molecule has 2 aromatic rings. The first-order valence-corrected chi connectivity index (χ1v) is 9.06. The Bertz CT molecular complexity index is 1190. The number of nitrogens with zero attached hydrogens (tertiary/aromatic N) is 3. The minimum absolute atomic E-state index is 0.306. The first-order chi connectivity index (χ1) is 15.8. The molecule has 2 unspecified atom stereocenters. The molecule has 1 amide bonds. The molecule has 1 aliphatic heterocycles. The summed E-state index contributed by atoms with van der Waals surface area (Å²) in [7, 11) is 0. The molecule has 1 aliphatic rings. The summed E-state index contributed by atoms with van der Waals surface area (Å²) in [5.41, 5.74) is -4.45. The lowest BCUT2D eigenvalue weighted by atomic mass is 10.1. The smallest absolute Gasteiger partial charge is 0.335 e. The number of hydrogen-bond donors (Lipinski definition) is 1. The SMILES string of the molecule is N#Cc1cc(F)c(NC(=O)C2CN(c3ccc(C#N)c(C(F)(F)F)c3)C(C(F)(F)F)O2)c(F)c1. The highest BCUT2D eigenvalue weighted by molar-refractivity contribution is 5.95. The van der Waals surface area contributed by atoms with Crippen LogP contribution >= 0.6 is 0 Å². The van der Waals surface area contributed by atoms with Crippen molar-refractivity contribution in [1.29, 1.82) is 10.5 Å². The van der Waals surface area contributed by atoms with E-state index in [-0.39, 0.29) is 0 Å². The summed E-state index contributed by atoms with van der Waals surface area (Å²) in [6.45, 7) is -0.932. The number of alkyl halides is 6. The van der Waals surface area contributed by atoms with Crippen molar-refractivity contribution in [2.24, 2.45) is 0 Å². The first kappa shape index (κ1) is 24.7. The average Bonchev–Trinajstić information content (AvgIpc) is 3.21. The van der Waals surface area contributed by atoms with Crippen molar-refractivity contribution in [3.63, 3.8) is 0 Å². The second-order valence-corrected chi connectivity index (χ2v) is 6.93. The molecule has 3 rings (SSSR count).